The molecule has 3 aromatic rings. The number of likely N-dealkylation sites (tertiary alicyclic amines) is 1. The lowest BCUT2D eigenvalue weighted by atomic mass is 10.1. The molecule has 1 saturated carbocycles. The SMILES string of the molecule is C=CC(=O)N1CC[C@H](n2nc(C#Cc3c(F)c(OC)cc(OC)c3F)c3c(N)ncc(C(=O)NCC4(CF)CC4)c32)C1. The Kier molecular flexibility index (Phi) is 7.73. The van der Waals surface area contributed by atoms with Crippen LogP contribution < -0.4 is 20.5 Å². The molecule has 1 aliphatic carbocycles. The molecular weight excluding hydrogens is 553 g/mol. The molecule has 1 atom stereocenters. The lowest BCUT2D eigenvalue weighted by Gasteiger charge is -2.17. The van der Waals surface area contributed by atoms with Crippen LogP contribution in [-0.2, 0) is 4.79 Å². The third-order valence-corrected chi connectivity index (χ3v) is 7.74. The molecular formula is C29H29F3N6O4. The second-order valence-electron chi connectivity index (χ2n) is 10.4. The Labute approximate surface area is 239 Å². The van der Waals surface area contributed by atoms with Gasteiger partial charge in [0.05, 0.1) is 43.4 Å². The molecule has 1 aliphatic heterocycles. The summed E-state index contributed by atoms with van der Waals surface area (Å²) in [7, 11) is 2.45. The van der Waals surface area contributed by atoms with Gasteiger partial charge >= 0.3 is 0 Å². The number of aromatic nitrogens is 3. The summed E-state index contributed by atoms with van der Waals surface area (Å²) in [5.41, 5.74) is 5.50. The summed E-state index contributed by atoms with van der Waals surface area (Å²) in [6.07, 6.45) is 4.35. The van der Waals surface area contributed by atoms with Crippen molar-refractivity contribution in [3.63, 3.8) is 0 Å². The normalized spacial score (nSPS) is 17.0. The maximum Gasteiger partial charge on any atom is 0.255 e. The Hall–Kier alpha value is -4.73. The molecule has 42 heavy (non-hydrogen) atoms. The molecule has 1 saturated heterocycles. The van der Waals surface area contributed by atoms with Crippen LogP contribution in [-0.4, -0.2) is 72.0 Å². The molecule has 2 aromatic heterocycles. The van der Waals surface area contributed by atoms with Crippen molar-refractivity contribution in [2.24, 2.45) is 5.41 Å². The summed E-state index contributed by atoms with van der Waals surface area (Å²) in [5.74, 6) is 1.77. The standard InChI is InChI=1S/C29H29F3N6O4/c1-4-22(39)37-10-7-16(13-37)38-26-18(28(40)35-15-29(14-30)8-9-29)12-34-27(33)23(26)19(36-38)6-5-17-24(31)20(41-2)11-21(42-3)25(17)32/h4,11-12,16H,1,7-10,13-15H2,2-3H3,(H2,33,34)(H,35,40)/t16-/m0/s1. The van der Waals surface area contributed by atoms with Gasteiger partial charge in [-0.3, -0.25) is 18.7 Å². The van der Waals surface area contributed by atoms with Gasteiger partial charge < -0.3 is 25.4 Å². The first kappa shape index (κ1) is 28.8. The fraction of sp³-hybridized carbons (Fsp3) is 0.379. The van der Waals surface area contributed by atoms with Gasteiger partial charge in [-0.15, -0.1) is 0 Å². The topological polar surface area (TPSA) is 125 Å². The summed E-state index contributed by atoms with van der Waals surface area (Å²) in [6.45, 7) is 3.82. The van der Waals surface area contributed by atoms with Crippen LogP contribution in [0.4, 0.5) is 19.0 Å². The van der Waals surface area contributed by atoms with E-state index in [1.165, 1.54) is 26.5 Å². The van der Waals surface area contributed by atoms with E-state index in [4.69, 9.17) is 15.2 Å². The van der Waals surface area contributed by atoms with Gasteiger partial charge in [-0.05, 0) is 31.3 Å². The van der Waals surface area contributed by atoms with Crippen LogP contribution in [0, 0.1) is 28.9 Å². The molecule has 3 N–H and O–H groups in total. The van der Waals surface area contributed by atoms with Crippen molar-refractivity contribution in [1.82, 2.24) is 25.0 Å². The summed E-state index contributed by atoms with van der Waals surface area (Å²) in [5, 5.41) is 7.59. The van der Waals surface area contributed by atoms with Gasteiger partial charge in [-0.25, -0.2) is 13.8 Å². The van der Waals surface area contributed by atoms with E-state index in [2.05, 4.69) is 33.8 Å². The van der Waals surface area contributed by atoms with E-state index in [0.717, 1.165) is 6.07 Å². The highest BCUT2D eigenvalue weighted by Gasteiger charge is 2.43. The lowest BCUT2D eigenvalue weighted by Crippen LogP contribution is -2.32. The Balaban J connectivity index is 1.64. The third-order valence-electron chi connectivity index (χ3n) is 7.74. The van der Waals surface area contributed by atoms with Crippen LogP contribution in [0.3, 0.4) is 0 Å². The van der Waals surface area contributed by atoms with Crippen LogP contribution in [0.2, 0.25) is 0 Å². The monoisotopic (exact) mass is 582 g/mol. The number of anilines is 1. The number of fused-ring (bicyclic) bond motifs is 1. The zero-order chi connectivity index (χ0) is 30.2. The zero-order valence-corrected chi connectivity index (χ0v) is 23.1. The third kappa shape index (κ3) is 5.08. The van der Waals surface area contributed by atoms with Crippen LogP contribution in [0.15, 0.2) is 24.9 Å². The van der Waals surface area contributed by atoms with E-state index >= 15 is 8.78 Å². The predicted molar refractivity (Wildman–Crippen MR) is 148 cm³/mol. The van der Waals surface area contributed by atoms with Crippen molar-refractivity contribution >= 4 is 28.5 Å². The molecule has 0 bridgehead atoms. The minimum Gasteiger partial charge on any atom is -0.493 e. The van der Waals surface area contributed by atoms with Crippen LogP contribution >= 0.6 is 0 Å². The van der Waals surface area contributed by atoms with Crippen molar-refractivity contribution in [3.8, 4) is 23.3 Å². The summed E-state index contributed by atoms with van der Waals surface area (Å²) < 4.78 is 55.0. The number of nitrogen functional groups attached to an aromatic ring is 1. The van der Waals surface area contributed by atoms with Gasteiger partial charge in [0.1, 0.15) is 17.1 Å². The summed E-state index contributed by atoms with van der Waals surface area (Å²) >= 11 is 0. The number of hydrogen-bond acceptors (Lipinski definition) is 7. The molecule has 3 heterocycles. The molecule has 220 valence electrons. The molecule has 10 nitrogen and oxygen atoms in total. The zero-order valence-electron chi connectivity index (χ0n) is 23.1. The number of benzene rings is 1. The number of hydrogen-bond donors (Lipinski definition) is 2. The molecule has 2 aliphatic rings. The van der Waals surface area contributed by atoms with Crippen molar-refractivity contribution in [3.05, 3.63) is 53.4 Å². The molecule has 0 radical (unpaired) electrons. The minimum absolute atomic E-state index is 0.0132. The molecule has 2 amide bonds. The number of methoxy groups -OCH3 is 2. The highest BCUT2D eigenvalue weighted by atomic mass is 19.1. The first-order chi connectivity index (χ1) is 20.2. The Morgan fingerprint density at radius 2 is 1.93 bits per heavy atom. The van der Waals surface area contributed by atoms with Crippen molar-refractivity contribution in [1.29, 1.82) is 0 Å². The molecule has 1 aromatic carbocycles. The fourth-order valence-electron chi connectivity index (χ4n) is 5.00. The van der Waals surface area contributed by atoms with E-state index in [0.29, 0.717) is 25.8 Å². The highest BCUT2D eigenvalue weighted by Crippen LogP contribution is 2.45. The van der Waals surface area contributed by atoms with Crippen LogP contribution in [0.5, 0.6) is 11.5 Å². The van der Waals surface area contributed by atoms with Crippen molar-refractivity contribution in [2.75, 3.05) is 46.3 Å². The first-order valence-corrected chi connectivity index (χ1v) is 13.2. The molecule has 5 rings (SSSR count). The minimum atomic E-state index is -1.03. The van der Waals surface area contributed by atoms with Crippen molar-refractivity contribution < 1.29 is 32.2 Å². The largest absolute Gasteiger partial charge is 0.493 e. The second kappa shape index (κ2) is 11.3. The number of alkyl halides is 1. The number of carbonyl (C=O) groups is 2. The van der Waals surface area contributed by atoms with E-state index in [9.17, 15) is 14.0 Å². The molecule has 13 heteroatoms. The van der Waals surface area contributed by atoms with Gasteiger partial charge in [-0.1, -0.05) is 12.5 Å². The maximum absolute atomic E-state index is 15.0. The van der Waals surface area contributed by atoms with Gasteiger partial charge in [0.25, 0.3) is 5.91 Å². The molecule has 2 fully saturated rings. The van der Waals surface area contributed by atoms with E-state index < -0.39 is 35.2 Å². The smallest absolute Gasteiger partial charge is 0.255 e. The quantitative estimate of drug-likeness (QED) is 0.309. The molecule has 0 spiro atoms. The van der Waals surface area contributed by atoms with Crippen LogP contribution in [0.1, 0.15) is 46.9 Å². The summed E-state index contributed by atoms with van der Waals surface area (Å²) in [4.78, 5) is 31.4. The Morgan fingerprint density at radius 1 is 1.24 bits per heavy atom. The highest BCUT2D eigenvalue weighted by molar-refractivity contribution is 6.09. The Bertz CT molecular complexity index is 1630. The number of carbonyl (C=O) groups excluding carboxylic acids is 2. The van der Waals surface area contributed by atoms with E-state index in [-0.39, 0.29) is 64.5 Å². The average molecular weight is 583 g/mol. The fourth-order valence-corrected chi connectivity index (χ4v) is 5.00. The number of rotatable bonds is 8. The van der Waals surface area contributed by atoms with Gasteiger partial charge in [-0.2, -0.15) is 5.10 Å². The lowest BCUT2D eigenvalue weighted by molar-refractivity contribution is -0.125. The van der Waals surface area contributed by atoms with Crippen molar-refractivity contribution in [2.45, 2.75) is 25.3 Å². The van der Waals surface area contributed by atoms with Gasteiger partial charge in [0, 0.05) is 37.3 Å². The summed E-state index contributed by atoms with van der Waals surface area (Å²) in [6, 6.07) is 0.684. The number of halogens is 3. The number of nitrogens with one attached hydrogen (secondary N) is 1. The average Bonchev–Trinajstić information content (AvgIpc) is 3.43. The van der Waals surface area contributed by atoms with E-state index in [1.54, 1.807) is 9.58 Å². The number of ether oxygens (including phenoxy) is 2. The number of pyridine rings is 1. The van der Waals surface area contributed by atoms with Crippen LogP contribution in [0.25, 0.3) is 10.9 Å². The first-order valence-electron chi connectivity index (χ1n) is 13.2. The Morgan fingerprint density at radius 3 is 2.52 bits per heavy atom. The maximum atomic E-state index is 15.0. The number of nitrogens with zero attached hydrogens (tertiary/aromatic N) is 4. The number of amides is 2. The van der Waals surface area contributed by atoms with Gasteiger partial charge in [0.15, 0.2) is 23.1 Å². The second-order valence-corrected chi connectivity index (χ2v) is 10.4. The number of nitrogens with two attached hydrogens (primary N) is 1. The predicted octanol–water partition coefficient (Wildman–Crippen LogP) is 3.15. The molecule has 0 unspecified atom stereocenters. The van der Waals surface area contributed by atoms with E-state index in [1.807, 2.05) is 0 Å². The van der Waals surface area contributed by atoms with Gasteiger partial charge in [0.2, 0.25) is 5.91 Å².